The van der Waals surface area contributed by atoms with Gasteiger partial charge < -0.3 is 9.47 Å². The van der Waals surface area contributed by atoms with Crippen molar-refractivity contribution in [1.29, 1.82) is 0 Å². The molecule has 4 aromatic carbocycles. The van der Waals surface area contributed by atoms with Crippen molar-refractivity contribution in [2.75, 3.05) is 22.7 Å². The molecule has 0 atom stereocenters. The molecule has 11 nitrogen and oxygen atoms in total. The Balaban J connectivity index is 1.56. The molecule has 0 aromatic heterocycles. The maximum atomic E-state index is 13.7. The van der Waals surface area contributed by atoms with Gasteiger partial charge in [-0.15, -0.1) is 0 Å². The SMILES string of the molecule is CCOC(=O)c1ccc(NS(=O)(=O)c2cc(S(=O)(=O)Nc3ccc(C(=O)OCC)cc3)c3cccc4c3c2SC4=O)cc1. The van der Waals surface area contributed by atoms with Gasteiger partial charge in [0.15, 0.2) is 0 Å². The third-order valence-corrected chi connectivity index (χ3v) is 10.3. The van der Waals surface area contributed by atoms with Crippen LogP contribution in [-0.2, 0) is 29.5 Å². The Hall–Kier alpha value is -4.40. The molecule has 4 aromatic rings. The fourth-order valence-corrected chi connectivity index (χ4v) is 8.37. The van der Waals surface area contributed by atoms with E-state index in [9.17, 15) is 31.2 Å². The van der Waals surface area contributed by atoms with Gasteiger partial charge in [-0.05, 0) is 86.3 Å². The smallest absolute Gasteiger partial charge is 0.338 e. The first-order valence-electron chi connectivity index (χ1n) is 12.9. The first-order valence-corrected chi connectivity index (χ1v) is 16.7. The topological polar surface area (TPSA) is 162 Å². The summed E-state index contributed by atoms with van der Waals surface area (Å²) < 4.78 is 69.5. The summed E-state index contributed by atoms with van der Waals surface area (Å²) in [5, 5.41) is -0.0526. The minimum absolute atomic E-state index is 0.101. The Morgan fingerprint density at radius 1 is 0.721 bits per heavy atom. The van der Waals surface area contributed by atoms with Gasteiger partial charge in [-0.2, -0.15) is 0 Å². The first kappa shape index (κ1) is 30.1. The molecule has 0 spiro atoms. The molecular weight excluding hydrogens is 617 g/mol. The maximum Gasteiger partial charge on any atom is 0.338 e. The predicted molar refractivity (Wildman–Crippen MR) is 161 cm³/mol. The van der Waals surface area contributed by atoms with Crippen LogP contribution >= 0.6 is 11.8 Å². The number of carbonyl (C=O) groups is 3. The average Bonchev–Trinajstić information content (AvgIpc) is 3.30. The van der Waals surface area contributed by atoms with Gasteiger partial charge in [0.1, 0.15) is 4.90 Å². The summed E-state index contributed by atoms with van der Waals surface area (Å²) in [7, 11) is -8.85. The fourth-order valence-electron chi connectivity index (χ4n) is 4.43. The summed E-state index contributed by atoms with van der Waals surface area (Å²) in [6.45, 7) is 3.68. The van der Waals surface area contributed by atoms with Crippen LogP contribution in [0, 0.1) is 0 Å². The lowest BCUT2D eigenvalue weighted by Gasteiger charge is -2.16. The highest BCUT2D eigenvalue weighted by Gasteiger charge is 2.34. The van der Waals surface area contributed by atoms with Gasteiger partial charge in [0.25, 0.3) is 20.0 Å². The number of anilines is 2. The fraction of sp³-hybridized carbons (Fsp3) is 0.138. The summed E-state index contributed by atoms with van der Waals surface area (Å²) in [5.41, 5.74) is 0.844. The largest absolute Gasteiger partial charge is 0.462 e. The molecule has 222 valence electrons. The maximum absolute atomic E-state index is 13.7. The van der Waals surface area contributed by atoms with Gasteiger partial charge in [-0.1, -0.05) is 12.1 Å². The second-order valence-electron chi connectivity index (χ2n) is 9.13. The van der Waals surface area contributed by atoms with Crippen LogP contribution in [0.1, 0.15) is 44.9 Å². The van der Waals surface area contributed by atoms with Crippen LogP contribution in [0.3, 0.4) is 0 Å². The number of hydrogen-bond donors (Lipinski definition) is 2. The third kappa shape index (κ3) is 5.94. The van der Waals surface area contributed by atoms with E-state index in [1.54, 1.807) is 13.8 Å². The molecule has 0 saturated carbocycles. The molecule has 0 amide bonds. The van der Waals surface area contributed by atoms with E-state index in [1.807, 2.05) is 0 Å². The molecule has 1 aliphatic rings. The molecule has 0 saturated heterocycles. The number of rotatable bonds is 10. The first-order chi connectivity index (χ1) is 20.4. The van der Waals surface area contributed by atoms with Crippen molar-refractivity contribution in [2.24, 2.45) is 0 Å². The summed E-state index contributed by atoms with van der Waals surface area (Å²) in [5.74, 6) is -1.13. The predicted octanol–water partition coefficient (Wildman–Crippen LogP) is 5.04. The molecule has 1 aliphatic heterocycles. The number of nitrogens with one attached hydrogen (secondary N) is 2. The van der Waals surface area contributed by atoms with Gasteiger partial charge in [-0.3, -0.25) is 14.2 Å². The number of ether oxygens (including phenoxy) is 2. The minimum Gasteiger partial charge on any atom is -0.462 e. The highest BCUT2D eigenvalue weighted by molar-refractivity contribution is 8.15. The average molecular weight is 641 g/mol. The molecule has 5 rings (SSSR count). The van der Waals surface area contributed by atoms with Crippen LogP contribution in [0.25, 0.3) is 10.8 Å². The number of esters is 2. The van der Waals surface area contributed by atoms with Gasteiger partial charge in [0.2, 0.25) is 5.12 Å². The lowest BCUT2D eigenvalue weighted by Crippen LogP contribution is -2.18. The van der Waals surface area contributed by atoms with Crippen molar-refractivity contribution in [3.8, 4) is 0 Å². The molecule has 0 unspecified atom stereocenters. The molecule has 0 radical (unpaired) electrons. The summed E-state index contributed by atoms with van der Waals surface area (Å²) >= 11 is 0.699. The van der Waals surface area contributed by atoms with Crippen molar-refractivity contribution >= 4 is 71.0 Å². The lowest BCUT2D eigenvalue weighted by molar-refractivity contribution is 0.0517. The van der Waals surface area contributed by atoms with Gasteiger partial charge >= 0.3 is 11.9 Å². The van der Waals surface area contributed by atoms with Crippen molar-refractivity contribution in [1.82, 2.24) is 0 Å². The highest BCUT2D eigenvalue weighted by atomic mass is 32.2. The second kappa shape index (κ2) is 11.7. The van der Waals surface area contributed by atoms with Crippen LogP contribution in [0.15, 0.2) is 87.5 Å². The van der Waals surface area contributed by atoms with Crippen LogP contribution < -0.4 is 9.44 Å². The van der Waals surface area contributed by atoms with Crippen LogP contribution in [0.2, 0.25) is 0 Å². The van der Waals surface area contributed by atoms with E-state index in [4.69, 9.17) is 9.47 Å². The Labute approximate surface area is 251 Å². The number of thioether (sulfide) groups is 1. The number of sulfonamides is 2. The Kier molecular flexibility index (Phi) is 8.18. The minimum atomic E-state index is -4.44. The lowest BCUT2D eigenvalue weighted by atomic mass is 10.1. The van der Waals surface area contributed by atoms with Gasteiger partial charge in [0, 0.05) is 32.6 Å². The van der Waals surface area contributed by atoms with E-state index in [-0.39, 0.29) is 61.8 Å². The zero-order valence-electron chi connectivity index (χ0n) is 22.7. The van der Waals surface area contributed by atoms with Crippen molar-refractivity contribution in [2.45, 2.75) is 28.5 Å². The van der Waals surface area contributed by atoms with E-state index in [1.165, 1.54) is 66.7 Å². The summed E-state index contributed by atoms with van der Waals surface area (Å²) in [6.07, 6.45) is 0. The molecule has 0 aliphatic carbocycles. The monoisotopic (exact) mass is 640 g/mol. The summed E-state index contributed by atoms with van der Waals surface area (Å²) in [4.78, 5) is 36.1. The quantitative estimate of drug-likeness (QED) is 0.225. The normalized spacial score (nSPS) is 12.7. The molecule has 1 heterocycles. The number of benzene rings is 4. The second-order valence-corrected chi connectivity index (χ2v) is 13.4. The third-order valence-electron chi connectivity index (χ3n) is 6.33. The van der Waals surface area contributed by atoms with Crippen molar-refractivity contribution in [3.05, 3.63) is 89.5 Å². The van der Waals surface area contributed by atoms with Crippen molar-refractivity contribution in [3.63, 3.8) is 0 Å². The van der Waals surface area contributed by atoms with Gasteiger partial charge in [0.05, 0.1) is 29.2 Å². The van der Waals surface area contributed by atoms with Gasteiger partial charge in [-0.25, -0.2) is 26.4 Å². The van der Waals surface area contributed by atoms with E-state index in [2.05, 4.69) is 9.44 Å². The molecule has 43 heavy (non-hydrogen) atoms. The van der Waals surface area contributed by atoms with Crippen LogP contribution in [0.5, 0.6) is 0 Å². The molecule has 0 fully saturated rings. The number of hydrogen-bond acceptors (Lipinski definition) is 10. The zero-order valence-corrected chi connectivity index (χ0v) is 25.2. The molecule has 2 N–H and O–H groups in total. The standard InChI is InChI=1S/C29H24N2O9S3/c1-3-39-27(32)17-8-12-19(13-9-17)30-42(35,36)23-16-24(26-25-21(23)6-5-7-22(25)29(34)41-26)43(37,38)31-20-14-10-18(11-15-20)28(33)40-4-2/h5-16,30-31H,3-4H2,1-2H3. The highest BCUT2D eigenvalue weighted by Crippen LogP contribution is 2.46. The van der Waals surface area contributed by atoms with Crippen LogP contribution in [-0.4, -0.2) is 47.1 Å². The van der Waals surface area contributed by atoms with E-state index in [0.29, 0.717) is 11.8 Å². The van der Waals surface area contributed by atoms with E-state index >= 15 is 0 Å². The zero-order chi connectivity index (χ0) is 30.9. The van der Waals surface area contributed by atoms with E-state index in [0.717, 1.165) is 6.07 Å². The van der Waals surface area contributed by atoms with E-state index < -0.39 is 42.0 Å². The summed E-state index contributed by atoms with van der Waals surface area (Å²) in [6, 6.07) is 16.6. The Morgan fingerprint density at radius 3 is 1.70 bits per heavy atom. The molecule has 0 bridgehead atoms. The Morgan fingerprint density at radius 2 is 1.21 bits per heavy atom. The molecule has 14 heteroatoms. The van der Waals surface area contributed by atoms with Crippen LogP contribution in [0.4, 0.5) is 11.4 Å². The molecular formula is C29H24N2O9S3. The van der Waals surface area contributed by atoms with Crippen molar-refractivity contribution < 1.29 is 40.7 Å². The number of carbonyl (C=O) groups excluding carboxylic acids is 3. The Bertz CT molecular complexity index is 1990.